The van der Waals surface area contributed by atoms with Crippen molar-refractivity contribution in [1.29, 1.82) is 0 Å². The molecule has 2 aliphatic carbocycles. The third-order valence-corrected chi connectivity index (χ3v) is 11.9. The number of allylic oxidation sites excluding steroid dienone is 2. The first-order valence-electron chi connectivity index (χ1n) is 18.7. The highest BCUT2D eigenvalue weighted by Gasteiger charge is 2.61. The van der Waals surface area contributed by atoms with Crippen LogP contribution in [-0.4, -0.2) is 81.7 Å². The van der Waals surface area contributed by atoms with E-state index >= 15 is 8.78 Å². The van der Waals surface area contributed by atoms with Crippen molar-refractivity contribution in [3.8, 4) is 11.1 Å². The third kappa shape index (κ3) is 8.03. The van der Waals surface area contributed by atoms with Gasteiger partial charge < -0.3 is 15.5 Å². The maximum Gasteiger partial charge on any atom is 0.435 e. The number of carbonyl (C=O) groups is 1. The number of benzene rings is 2. The maximum absolute atomic E-state index is 15.7. The number of sulfonamides is 1. The molecule has 322 valence electrons. The van der Waals surface area contributed by atoms with Gasteiger partial charge in [-0.15, -0.1) is 0 Å². The van der Waals surface area contributed by atoms with Gasteiger partial charge in [-0.3, -0.25) is 18.9 Å². The van der Waals surface area contributed by atoms with Gasteiger partial charge in [-0.1, -0.05) is 35.6 Å². The number of aryl methyl sites for hydroxylation is 1. The molecule has 4 heterocycles. The summed E-state index contributed by atoms with van der Waals surface area (Å²) in [7, 11) is 1.62. The Balaban J connectivity index is 1.28. The molecule has 0 saturated carbocycles. The van der Waals surface area contributed by atoms with Crippen LogP contribution < -0.4 is 15.4 Å². The van der Waals surface area contributed by atoms with Crippen LogP contribution in [0.25, 0.3) is 32.4 Å². The summed E-state index contributed by atoms with van der Waals surface area (Å²) >= 11 is 1.27. The monoisotopic (exact) mass is 890 g/mol. The number of carbonyl (C=O) groups excluding carboxylic acids is 1. The van der Waals surface area contributed by atoms with Gasteiger partial charge in [0.15, 0.2) is 22.3 Å². The third-order valence-electron chi connectivity index (χ3n) is 10.4. The summed E-state index contributed by atoms with van der Waals surface area (Å²) in [5.41, 5.74) is -1.75. The maximum atomic E-state index is 15.7. The molecule has 1 unspecified atom stereocenters. The zero-order chi connectivity index (χ0) is 43.9. The van der Waals surface area contributed by atoms with Gasteiger partial charge in [-0.05, 0) is 57.3 Å². The van der Waals surface area contributed by atoms with Crippen molar-refractivity contribution in [1.82, 2.24) is 39.7 Å². The highest BCUT2D eigenvalue weighted by Crippen LogP contribution is 2.60. The predicted octanol–water partition coefficient (Wildman–Crippen LogP) is 6.95. The van der Waals surface area contributed by atoms with Crippen LogP contribution in [0.2, 0.25) is 0 Å². The molecule has 2 aromatic carbocycles. The molecule has 61 heavy (non-hydrogen) atoms. The number of thiazole rings is 1. The normalized spacial score (nSPS) is 18.0. The van der Waals surface area contributed by atoms with E-state index < -0.39 is 81.0 Å². The van der Waals surface area contributed by atoms with E-state index in [4.69, 9.17) is 4.98 Å². The van der Waals surface area contributed by atoms with Gasteiger partial charge in [-0.2, -0.15) is 32.1 Å². The van der Waals surface area contributed by atoms with Gasteiger partial charge in [0.25, 0.3) is 5.92 Å². The van der Waals surface area contributed by atoms with Crippen LogP contribution in [0, 0.1) is 17.6 Å². The van der Waals surface area contributed by atoms with Gasteiger partial charge >= 0.3 is 6.18 Å². The number of anilines is 2. The number of pyridine rings is 1. The van der Waals surface area contributed by atoms with Gasteiger partial charge in [0.05, 0.1) is 34.1 Å². The summed E-state index contributed by atoms with van der Waals surface area (Å²) in [6.45, 7) is 1.53. The molecule has 0 radical (unpaired) electrons. The number of para-hydroxylation sites is 1. The number of hydrogen-bond acceptors (Lipinski definition) is 10. The van der Waals surface area contributed by atoms with E-state index in [-0.39, 0.29) is 35.2 Å². The number of likely N-dealkylation sites (N-methyl/N-ethyl adjacent to an activating group) is 1. The molecule has 0 spiro atoms. The largest absolute Gasteiger partial charge is 0.435 e. The second-order valence-electron chi connectivity index (χ2n) is 15.5. The quantitative estimate of drug-likeness (QED) is 0.0827. The van der Waals surface area contributed by atoms with Crippen molar-refractivity contribution in [2.75, 3.05) is 36.9 Å². The van der Waals surface area contributed by atoms with Crippen LogP contribution in [0.1, 0.15) is 47.1 Å². The van der Waals surface area contributed by atoms with Crippen molar-refractivity contribution in [2.24, 2.45) is 13.0 Å². The molecule has 13 nitrogen and oxygen atoms in total. The van der Waals surface area contributed by atoms with Gasteiger partial charge in [-0.25, -0.2) is 27.2 Å². The Hall–Kier alpha value is -5.61. The van der Waals surface area contributed by atoms with E-state index in [0.29, 0.717) is 49.2 Å². The predicted molar refractivity (Wildman–Crippen MR) is 215 cm³/mol. The lowest BCUT2D eigenvalue weighted by Crippen LogP contribution is -2.36. The first-order chi connectivity index (χ1) is 28.6. The minimum absolute atomic E-state index is 0.0158. The molecule has 0 saturated heterocycles. The lowest BCUT2D eigenvalue weighted by atomic mass is 9.81. The fraction of sp³-hybridized carbons (Fsp3) is 0.359. The van der Waals surface area contributed by atoms with Crippen LogP contribution in [0.3, 0.4) is 0 Å². The Morgan fingerprint density at radius 2 is 1.75 bits per heavy atom. The summed E-state index contributed by atoms with van der Waals surface area (Å²) in [6, 6.07) is 8.01. The second kappa shape index (κ2) is 15.1. The molecule has 1 amide bonds. The van der Waals surface area contributed by atoms with Gasteiger partial charge in [0, 0.05) is 53.7 Å². The first kappa shape index (κ1) is 42.1. The van der Waals surface area contributed by atoms with Crippen molar-refractivity contribution in [3.05, 3.63) is 94.5 Å². The number of alkyl halides is 5. The number of halogens is 7. The molecule has 4 aromatic heterocycles. The summed E-state index contributed by atoms with van der Waals surface area (Å²) < 4.78 is 133. The molecular formula is C39H37F7N10O3S2. The highest BCUT2D eigenvalue weighted by molar-refractivity contribution is 7.92. The topological polar surface area (TPSA) is 152 Å². The number of hydrogen-bond donors (Lipinski definition) is 3. The molecule has 0 aliphatic heterocycles. The summed E-state index contributed by atoms with van der Waals surface area (Å²) in [5, 5.41) is 14.8. The minimum atomic E-state index is -5.10. The number of fused-ring (bicyclic) bond motifs is 5. The zero-order valence-corrected chi connectivity index (χ0v) is 34.6. The highest BCUT2D eigenvalue weighted by atomic mass is 32.2. The molecule has 6 aromatic rings. The molecular weight excluding hydrogens is 854 g/mol. The standard InChI is InChI=1S/C39H37F7N10O3S2/c1-18(16-54(2)3)47-37-50-36-28(60-37)15-25(22-7-6-8-24-32(22)55(4)52-35(24)53-61(5,58)59)31(49-36)27(13-19-11-20(40)14-21(41)12-19)48-29(57)17-56-34-30(33(51-56)39(44,45)46)23-9-10-26(23)38(34,42)43/h6-12,14-15,18,23,26-27H,13,16-17H2,1-5H3,(H,48,57)(H,52,53)(H,47,49,50)/t18?,23-,26+,27-/m0/s1. The van der Waals surface area contributed by atoms with Gasteiger partial charge in [0.2, 0.25) is 15.9 Å². The van der Waals surface area contributed by atoms with E-state index in [0.717, 1.165) is 24.5 Å². The van der Waals surface area contributed by atoms with E-state index in [1.165, 1.54) is 22.1 Å². The Morgan fingerprint density at radius 1 is 1.03 bits per heavy atom. The molecule has 3 N–H and O–H groups in total. The van der Waals surface area contributed by atoms with Crippen LogP contribution in [0.15, 0.2) is 54.6 Å². The Bertz CT molecular complexity index is 2850. The van der Waals surface area contributed by atoms with Crippen molar-refractivity contribution in [2.45, 2.75) is 50.0 Å². The van der Waals surface area contributed by atoms with Crippen LogP contribution >= 0.6 is 11.3 Å². The lowest BCUT2D eigenvalue weighted by molar-refractivity contribution is -0.142. The van der Waals surface area contributed by atoms with Crippen molar-refractivity contribution >= 4 is 59.5 Å². The molecule has 22 heteroatoms. The average molecular weight is 891 g/mol. The SMILES string of the molecule is CC(CN(C)C)Nc1nc2nc([C@H](Cc3cc(F)cc(F)c3)NC(=O)Cn3nc(C(F)(F)F)c4c3C(F)(F)[C@@H]3C=C[C@H]43)c(-c3cccc4c(NS(C)(=O)=O)nn(C)c34)cc2s1. The van der Waals surface area contributed by atoms with E-state index in [1.54, 1.807) is 31.3 Å². The molecule has 4 atom stereocenters. The Morgan fingerprint density at radius 3 is 2.39 bits per heavy atom. The van der Waals surface area contributed by atoms with E-state index in [2.05, 4.69) is 30.5 Å². The van der Waals surface area contributed by atoms with Crippen molar-refractivity contribution in [3.63, 3.8) is 0 Å². The summed E-state index contributed by atoms with van der Waals surface area (Å²) in [6.07, 6.45) is -2.12. The van der Waals surface area contributed by atoms with Gasteiger partial charge in [0.1, 0.15) is 23.9 Å². The number of nitrogens with zero attached hydrogens (tertiary/aromatic N) is 7. The summed E-state index contributed by atoms with van der Waals surface area (Å²) in [5.74, 6) is -9.45. The van der Waals surface area contributed by atoms with E-state index in [9.17, 15) is 35.2 Å². The second-order valence-corrected chi connectivity index (χ2v) is 18.3. The first-order valence-corrected chi connectivity index (χ1v) is 21.4. The Labute approximate surface area is 347 Å². The zero-order valence-electron chi connectivity index (χ0n) is 32.9. The van der Waals surface area contributed by atoms with Crippen molar-refractivity contribution < 1.29 is 43.9 Å². The molecule has 0 fully saturated rings. The number of nitrogens with one attached hydrogen (secondary N) is 3. The molecule has 8 rings (SSSR count). The Kier molecular flexibility index (Phi) is 10.4. The van der Waals surface area contributed by atoms with E-state index in [1.807, 2.05) is 25.9 Å². The molecule has 2 aliphatic rings. The summed E-state index contributed by atoms with van der Waals surface area (Å²) in [4.78, 5) is 25.7. The smallest absolute Gasteiger partial charge is 0.358 e. The number of rotatable bonds is 13. The fourth-order valence-corrected chi connectivity index (χ4v) is 9.63. The number of amides is 1. The number of aromatic nitrogens is 6. The fourth-order valence-electron chi connectivity index (χ4n) is 8.17. The average Bonchev–Trinajstić information content (AvgIpc) is 3.80. The molecule has 0 bridgehead atoms. The van der Waals surface area contributed by atoms with Crippen LogP contribution in [-0.2, 0) is 46.9 Å². The van der Waals surface area contributed by atoms with Crippen LogP contribution in [0.5, 0.6) is 0 Å². The van der Waals surface area contributed by atoms with Crippen LogP contribution in [0.4, 0.5) is 41.7 Å². The lowest BCUT2D eigenvalue weighted by Gasteiger charge is -2.27. The minimum Gasteiger partial charge on any atom is -0.358 e.